The van der Waals surface area contributed by atoms with Crippen molar-refractivity contribution in [3.8, 4) is 0 Å². The van der Waals surface area contributed by atoms with Crippen molar-refractivity contribution < 1.29 is 4.79 Å². The smallest absolute Gasteiger partial charge is 0.267 e. The quantitative estimate of drug-likeness (QED) is 0.865. The number of aromatic nitrogens is 2. The summed E-state index contributed by atoms with van der Waals surface area (Å²) in [6, 6.07) is 1.69. The number of carbonyl (C=O) groups excluding carboxylic acids is 1. The Morgan fingerprint density at radius 2 is 2.31 bits per heavy atom. The zero-order chi connectivity index (χ0) is 11.5. The maximum absolute atomic E-state index is 11.7. The van der Waals surface area contributed by atoms with E-state index >= 15 is 0 Å². The maximum Gasteiger partial charge on any atom is 0.267 e. The summed E-state index contributed by atoms with van der Waals surface area (Å²) >= 11 is 10.4. The van der Waals surface area contributed by atoms with Gasteiger partial charge in [-0.25, -0.2) is 4.98 Å². The Labute approximate surface area is 109 Å². The Morgan fingerprint density at radius 1 is 1.50 bits per heavy atom. The maximum atomic E-state index is 11.7. The van der Waals surface area contributed by atoms with Crippen LogP contribution >= 0.6 is 38.9 Å². The Balaban J connectivity index is 2.21. The zero-order valence-corrected chi connectivity index (χ0v) is 10.9. The normalized spacial score (nSPS) is 10.1. The van der Waals surface area contributed by atoms with Crippen molar-refractivity contribution in [1.82, 2.24) is 9.97 Å². The van der Waals surface area contributed by atoms with Gasteiger partial charge in [0.25, 0.3) is 5.91 Å². The number of thiazole rings is 1. The predicted octanol–water partition coefficient (Wildman–Crippen LogP) is 3.21. The van der Waals surface area contributed by atoms with Crippen molar-refractivity contribution in [1.29, 1.82) is 0 Å². The monoisotopic (exact) mass is 317 g/mol. The Morgan fingerprint density at radius 3 is 3.00 bits per heavy atom. The third-order valence-electron chi connectivity index (χ3n) is 1.71. The van der Waals surface area contributed by atoms with Crippen LogP contribution in [0, 0.1) is 0 Å². The molecule has 1 N–H and O–H groups in total. The molecule has 0 aromatic carbocycles. The van der Waals surface area contributed by atoms with Crippen molar-refractivity contribution in [2.75, 3.05) is 5.32 Å². The van der Waals surface area contributed by atoms with Crippen molar-refractivity contribution in [3.05, 3.63) is 38.5 Å². The lowest BCUT2D eigenvalue weighted by atomic mass is 10.4. The van der Waals surface area contributed by atoms with Crippen LogP contribution in [0.1, 0.15) is 9.67 Å². The predicted molar refractivity (Wildman–Crippen MR) is 67.0 cm³/mol. The van der Waals surface area contributed by atoms with Gasteiger partial charge in [0.2, 0.25) is 0 Å². The first-order valence-electron chi connectivity index (χ1n) is 4.17. The molecular formula is C9H5BrClN3OS. The van der Waals surface area contributed by atoms with Crippen LogP contribution in [0.15, 0.2) is 28.4 Å². The topological polar surface area (TPSA) is 54.9 Å². The van der Waals surface area contributed by atoms with Gasteiger partial charge in [-0.05, 0) is 22.0 Å². The number of rotatable bonds is 2. The van der Waals surface area contributed by atoms with Crippen molar-refractivity contribution in [2.45, 2.75) is 0 Å². The van der Waals surface area contributed by atoms with Gasteiger partial charge in [-0.1, -0.05) is 11.6 Å². The molecule has 4 nitrogen and oxygen atoms in total. The van der Waals surface area contributed by atoms with Crippen LogP contribution in [-0.2, 0) is 0 Å². The Bertz CT molecular complexity index is 517. The summed E-state index contributed by atoms with van der Waals surface area (Å²) in [4.78, 5) is 19.9. The second-order valence-corrected chi connectivity index (χ2v) is 4.97. The number of hydrogen-bond acceptors (Lipinski definition) is 4. The van der Waals surface area contributed by atoms with Gasteiger partial charge in [-0.15, -0.1) is 11.3 Å². The lowest BCUT2D eigenvalue weighted by Crippen LogP contribution is -2.10. The molecule has 2 aromatic rings. The van der Waals surface area contributed by atoms with E-state index < -0.39 is 0 Å². The number of carbonyl (C=O) groups is 1. The van der Waals surface area contributed by atoms with Crippen LogP contribution in [0.2, 0.25) is 5.15 Å². The van der Waals surface area contributed by atoms with E-state index in [1.165, 1.54) is 17.5 Å². The van der Waals surface area contributed by atoms with Crippen molar-refractivity contribution >= 4 is 50.5 Å². The highest BCUT2D eigenvalue weighted by Gasteiger charge is 2.10. The zero-order valence-electron chi connectivity index (χ0n) is 7.78. The summed E-state index contributed by atoms with van der Waals surface area (Å²) in [5.41, 5.74) is 2.06. The molecule has 0 unspecified atom stereocenters. The van der Waals surface area contributed by atoms with Gasteiger partial charge in [-0.3, -0.25) is 9.78 Å². The van der Waals surface area contributed by atoms with E-state index in [9.17, 15) is 4.79 Å². The third kappa shape index (κ3) is 2.58. The van der Waals surface area contributed by atoms with Crippen LogP contribution in [0.4, 0.5) is 5.69 Å². The second-order valence-electron chi connectivity index (χ2n) is 2.81. The number of amides is 1. The molecule has 0 bridgehead atoms. The molecule has 7 heteroatoms. The highest BCUT2D eigenvalue weighted by molar-refractivity contribution is 9.10. The molecule has 0 aliphatic heterocycles. The minimum absolute atomic E-state index is 0.246. The molecule has 0 aliphatic carbocycles. The van der Waals surface area contributed by atoms with Gasteiger partial charge >= 0.3 is 0 Å². The molecule has 1 amide bonds. The van der Waals surface area contributed by atoms with E-state index in [4.69, 9.17) is 11.6 Å². The highest BCUT2D eigenvalue weighted by Crippen LogP contribution is 2.23. The van der Waals surface area contributed by atoms with Gasteiger partial charge < -0.3 is 5.32 Å². The summed E-state index contributed by atoms with van der Waals surface area (Å²) in [5.74, 6) is -0.246. The van der Waals surface area contributed by atoms with Crippen LogP contribution in [0.25, 0.3) is 0 Å². The van der Waals surface area contributed by atoms with E-state index in [2.05, 4.69) is 31.2 Å². The van der Waals surface area contributed by atoms with Crippen LogP contribution < -0.4 is 5.32 Å². The number of nitrogens with one attached hydrogen (secondary N) is 1. The van der Waals surface area contributed by atoms with Crippen molar-refractivity contribution in [3.63, 3.8) is 0 Å². The Hall–Kier alpha value is -0.980. The first-order valence-corrected chi connectivity index (χ1v) is 6.23. The molecule has 2 aromatic heterocycles. The minimum atomic E-state index is -0.246. The molecule has 0 aliphatic rings. The molecule has 2 heterocycles. The number of anilines is 1. The van der Waals surface area contributed by atoms with Gasteiger partial charge in [0.05, 0.1) is 17.4 Å². The second kappa shape index (κ2) is 4.90. The van der Waals surface area contributed by atoms with Gasteiger partial charge in [0.15, 0.2) is 5.15 Å². The summed E-state index contributed by atoms with van der Waals surface area (Å²) in [5, 5.41) is 2.91. The minimum Gasteiger partial charge on any atom is -0.319 e. The van der Waals surface area contributed by atoms with Crippen molar-refractivity contribution in [2.24, 2.45) is 0 Å². The van der Waals surface area contributed by atoms with E-state index in [-0.39, 0.29) is 11.1 Å². The molecule has 2 rings (SSSR count). The molecule has 0 spiro atoms. The number of pyridine rings is 1. The largest absolute Gasteiger partial charge is 0.319 e. The van der Waals surface area contributed by atoms with Crippen LogP contribution in [-0.4, -0.2) is 15.9 Å². The van der Waals surface area contributed by atoms with Crippen LogP contribution in [0.5, 0.6) is 0 Å². The molecule has 0 atom stereocenters. The molecular weight excluding hydrogens is 314 g/mol. The Kier molecular flexibility index (Phi) is 3.52. The van der Waals surface area contributed by atoms with E-state index in [0.29, 0.717) is 10.6 Å². The first-order chi connectivity index (χ1) is 7.66. The van der Waals surface area contributed by atoms with E-state index in [1.54, 1.807) is 17.8 Å². The fourth-order valence-corrected chi connectivity index (χ4v) is 2.02. The lowest BCUT2D eigenvalue weighted by molar-refractivity contribution is 0.103. The fourth-order valence-electron chi connectivity index (χ4n) is 1.02. The number of nitrogens with zero attached hydrogens (tertiary/aromatic N) is 2. The van der Waals surface area contributed by atoms with Gasteiger partial charge in [-0.2, -0.15) is 0 Å². The SMILES string of the molecule is O=C(Nc1cc(Br)cnc1Cl)c1cncs1. The average Bonchev–Trinajstić information content (AvgIpc) is 2.76. The summed E-state index contributed by atoms with van der Waals surface area (Å²) in [6.45, 7) is 0. The van der Waals surface area contributed by atoms with Crippen LogP contribution in [0.3, 0.4) is 0 Å². The average molecular weight is 319 g/mol. The summed E-state index contributed by atoms with van der Waals surface area (Å²) < 4.78 is 0.747. The summed E-state index contributed by atoms with van der Waals surface area (Å²) in [7, 11) is 0. The molecule has 0 fully saturated rings. The van der Waals surface area contributed by atoms with E-state index in [1.807, 2.05) is 0 Å². The molecule has 0 saturated carbocycles. The van der Waals surface area contributed by atoms with E-state index in [0.717, 1.165) is 4.47 Å². The highest BCUT2D eigenvalue weighted by atomic mass is 79.9. The first kappa shape index (κ1) is 11.5. The third-order valence-corrected chi connectivity index (χ3v) is 3.22. The summed E-state index contributed by atoms with van der Waals surface area (Å²) in [6.07, 6.45) is 3.06. The molecule has 0 saturated heterocycles. The number of halogens is 2. The molecule has 0 radical (unpaired) electrons. The number of hydrogen-bond donors (Lipinski definition) is 1. The standard InChI is InChI=1S/C9H5BrClN3OS/c10-5-1-6(8(11)13-2-5)14-9(15)7-3-12-4-16-7/h1-4H,(H,14,15). The fraction of sp³-hybridized carbons (Fsp3) is 0. The molecule has 16 heavy (non-hydrogen) atoms. The van der Waals surface area contributed by atoms with Gasteiger partial charge in [0.1, 0.15) is 4.88 Å². The molecule has 82 valence electrons. The lowest BCUT2D eigenvalue weighted by Gasteiger charge is -2.05. The van der Waals surface area contributed by atoms with Gasteiger partial charge in [0, 0.05) is 10.7 Å².